The number of ether oxygens (including phenoxy) is 1. The molecule has 102 valence electrons. The number of nitrogens with one attached hydrogen (secondary N) is 1. The van der Waals surface area contributed by atoms with E-state index < -0.39 is 0 Å². The lowest BCUT2D eigenvalue weighted by Gasteiger charge is -2.15. The average molecular weight is 279 g/mol. The Kier molecular flexibility index (Phi) is 2.78. The molecule has 3 heterocycles. The molecule has 2 aromatic heterocycles. The Morgan fingerprint density at radius 3 is 3.05 bits per heavy atom. The van der Waals surface area contributed by atoms with Crippen LogP contribution in [0.1, 0.15) is 42.4 Å². The average Bonchev–Trinajstić information content (AvgIpc) is 2.85. The molecule has 0 aromatic carbocycles. The number of rotatable bonds is 4. The van der Waals surface area contributed by atoms with Gasteiger partial charge in [0.1, 0.15) is 5.01 Å². The first-order chi connectivity index (χ1) is 9.36. The molecule has 4 rings (SSSR count). The van der Waals surface area contributed by atoms with Crippen molar-refractivity contribution in [1.29, 1.82) is 0 Å². The van der Waals surface area contributed by atoms with Crippen LogP contribution in [0.5, 0.6) is 0 Å². The summed E-state index contributed by atoms with van der Waals surface area (Å²) in [5, 5.41) is 17.8. The zero-order chi connectivity index (χ0) is 12.8. The lowest BCUT2D eigenvalue weighted by atomic mass is 10.1. The van der Waals surface area contributed by atoms with Gasteiger partial charge >= 0.3 is 0 Å². The van der Waals surface area contributed by atoms with Crippen LogP contribution in [0, 0.1) is 0 Å². The SMILES string of the molecule is CCNC1COCC1c1nn2c(C3CC3)nnc2s1. The summed E-state index contributed by atoms with van der Waals surface area (Å²) in [6.07, 6.45) is 2.44. The van der Waals surface area contributed by atoms with Gasteiger partial charge in [0.05, 0.1) is 19.1 Å². The van der Waals surface area contributed by atoms with Crippen molar-refractivity contribution in [2.24, 2.45) is 0 Å². The van der Waals surface area contributed by atoms with Gasteiger partial charge in [-0.3, -0.25) is 0 Å². The van der Waals surface area contributed by atoms with Crippen LogP contribution in [-0.4, -0.2) is 45.6 Å². The van der Waals surface area contributed by atoms with Crippen molar-refractivity contribution in [3.8, 4) is 0 Å². The molecule has 1 N–H and O–H groups in total. The second-order valence-electron chi connectivity index (χ2n) is 5.28. The molecule has 2 aliphatic rings. The van der Waals surface area contributed by atoms with Crippen LogP contribution in [0.2, 0.25) is 0 Å². The maximum atomic E-state index is 5.60. The van der Waals surface area contributed by atoms with Gasteiger partial charge in [0, 0.05) is 12.0 Å². The van der Waals surface area contributed by atoms with E-state index in [0.717, 1.165) is 35.6 Å². The Morgan fingerprint density at radius 1 is 1.37 bits per heavy atom. The number of hydrogen-bond acceptors (Lipinski definition) is 6. The van der Waals surface area contributed by atoms with Crippen LogP contribution in [0.4, 0.5) is 0 Å². The summed E-state index contributed by atoms with van der Waals surface area (Å²) in [5.41, 5.74) is 0. The van der Waals surface area contributed by atoms with Gasteiger partial charge in [0.2, 0.25) is 4.96 Å². The fourth-order valence-electron chi connectivity index (χ4n) is 2.65. The standard InChI is InChI=1S/C12H17N5OS/c1-2-13-9-6-18-5-8(9)11-16-17-10(7-3-4-7)14-15-12(17)19-11/h7-9,13H,2-6H2,1H3. The molecule has 1 aliphatic heterocycles. The molecular weight excluding hydrogens is 262 g/mol. The fourth-order valence-corrected chi connectivity index (χ4v) is 3.65. The molecule has 2 fully saturated rings. The van der Waals surface area contributed by atoms with Crippen LogP contribution < -0.4 is 5.32 Å². The van der Waals surface area contributed by atoms with Crippen molar-refractivity contribution in [3.63, 3.8) is 0 Å². The second-order valence-corrected chi connectivity index (χ2v) is 6.26. The first-order valence-corrected chi connectivity index (χ1v) is 7.71. The molecule has 1 saturated heterocycles. The van der Waals surface area contributed by atoms with E-state index in [2.05, 4.69) is 22.4 Å². The molecule has 0 spiro atoms. The van der Waals surface area contributed by atoms with Gasteiger partial charge < -0.3 is 10.1 Å². The predicted octanol–water partition coefficient (Wildman–Crippen LogP) is 1.16. The van der Waals surface area contributed by atoms with E-state index in [1.54, 1.807) is 11.3 Å². The lowest BCUT2D eigenvalue weighted by molar-refractivity contribution is 0.187. The van der Waals surface area contributed by atoms with Crippen LogP contribution in [-0.2, 0) is 4.74 Å². The maximum Gasteiger partial charge on any atom is 0.234 e. The number of nitrogens with zero attached hydrogens (tertiary/aromatic N) is 4. The van der Waals surface area contributed by atoms with Crippen molar-refractivity contribution in [3.05, 3.63) is 10.8 Å². The maximum absolute atomic E-state index is 5.60. The molecule has 0 bridgehead atoms. The van der Waals surface area contributed by atoms with E-state index in [0.29, 0.717) is 17.9 Å². The molecule has 6 nitrogen and oxygen atoms in total. The largest absolute Gasteiger partial charge is 0.379 e. The molecule has 0 radical (unpaired) electrons. The lowest BCUT2D eigenvalue weighted by Crippen LogP contribution is -2.34. The molecular formula is C12H17N5OS. The Balaban J connectivity index is 1.67. The third kappa shape index (κ3) is 1.96. The van der Waals surface area contributed by atoms with Crippen molar-refractivity contribution < 1.29 is 4.74 Å². The van der Waals surface area contributed by atoms with E-state index in [4.69, 9.17) is 9.84 Å². The van der Waals surface area contributed by atoms with E-state index in [1.807, 2.05) is 4.52 Å². The van der Waals surface area contributed by atoms with E-state index >= 15 is 0 Å². The Morgan fingerprint density at radius 2 is 2.26 bits per heavy atom. The summed E-state index contributed by atoms with van der Waals surface area (Å²) in [6, 6.07) is 0.373. The fraction of sp³-hybridized carbons (Fsp3) is 0.750. The molecule has 1 aliphatic carbocycles. The first kappa shape index (κ1) is 11.7. The third-order valence-electron chi connectivity index (χ3n) is 3.84. The topological polar surface area (TPSA) is 64.3 Å². The van der Waals surface area contributed by atoms with Crippen LogP contribution in [0.25, 0.3) is 4.96 Å². The summed E-state index contributed by atoms with van der Waals surface area (Å²) in [6.45, 7) is 4.61. The monoisotopic (exact) mass is 279 g/mol. The van der Waals surface area contributed by atoms with Crippen LogP contribution in [0.3, 0.4) is 0 Å². The van der Waals surface area contributed by atoms with Gasteiger partial charge in [-0.05, 0) is 19.4 Å². The summed E-state index contributed by atoms with van der Waals surface area (Å²) < 4.78 is 7.54. The van der Waals surface area contributed by atoms with Crippen molar-refractivity contribution in [2.75, 3.05) is 19.8 Å². The Labute approximate surface area is 115 Å². The highest BCUT2D eigenvalue weighted by atomic mass is 32.1. The molecule has 0 amide bonds. The molecule has 1 saturated carbocycles. The van der Waals surface area contributed by atoms with Gasteiger partial charge in [-0.25, -0.2) is 0 Å². The minimum absolute atomic E-state index is 0.346. The van der Waals surface area contributed by atoms with Gasteiger partial charge in [-0.1, -0.05) is 18.3 Å². The number of hydrogen-bond donors (Lipinski definition) is 1. The highest BCUT2D eigenvalue weighted by Crippen LogP contribution is 2.40. The van der Waals surface area contributed by atoms with Gasteiger partial charge in [0.15, 0.2) is 5.82 Å². The number of fused-ring (bicyclic) bond motifs is 1. The normalized spacial score (nSPS) is 27.4. The van der Waals surface area contributed by atoms with Crippen LogP contribution >= 0.6 is 11.3 Å². The highest BCUT2D eigenvalue weighted by Gasteiger charge is 2.34. The minimum atomic E-state index is 0.346. The second kappa shape index (κ2) is 4.50. The third-order valence-corrected chi connectivity index (χ3v) is 4.87. The first-order valence-electron chi connectivity index (χ1n) is 6.90. The molecule has 2 unspecified atom stereocenters. The van der Waals surface area contributed by atoms with Crippen LogP contribution in [0.15, 0.2) is 0 Å². The van der Waals surface area contributed by atoms with E-state index in [1.165, 1.54) is 12.8 Å². The molecule has 7 heteroatoms. The predicted molar refractivity (Wildman–Crippen MR) is 71.7 cm³/mol. The summed E-state index contributed by atoms with van der Waals surface area (Å²) in [4.78, 5) is 0.916. The highest BCUT2D eigenvalue weighted by molar-refractivity contribution is 7.16. The number of likely N-dealkylation sites (N-methyl/N-ethyl adjacent to an activating group) is 1. The summed E-state index contributed by atoms with van der Waals surface area (Å²) in [7, 11) is 0. The summed E-state index contributed by atoms with van der Waals surface area (Å²) >= 11 is 1.65. The van der Waals surface area contributed by atoms with Crippen molar-refractivity contribution >= 4 is 16.3 Å². The van der Waals surface area contributed by atoms with E-state index in [-0.39, 0.29) is 0 Å². The van der Waals surface area contributed by atoms with Crippen molar-refractivity contribution in [2.45, 2.75) is 37.6 Å². The molecule has 2 atom stereocenters. The van der Waals surface area contributed by atoms with Gasteiger partial charge in [0.25, 0.3) is 0 Å². The Hall–Kier alpha value is -1.05. The van der Waals surface area contributed by atoms with Crippen molar-refractivity contribution in [1.82, 2.24) is 25.1 Å². The van der Waals surface area contributed by atoms with E-state index in [9.17, 15) is 0 Å². The molecule has 19 heavy (non-hydrogen) atoms. The quantitative estimate of drug-likeness (QED) is 0.909. The summed E-state index contributed by atoms with van der Waals surface area (Å²) in [5.74, 6) is 1.96. The number of aromatic nitrogens is 4. The Bertz CT molecular complexity index is 590. The zero-order valence-corrected chi connectivity index (χ0v) is 11.7. The zero-order valence-electron chi connectivity index (χ0n) is 10.9. The minimum Gasteiger partial charge on any atom is -0.379 e. The van der Waals surface area contributed by atoms with Gasteiger partial charge in [-0.15, -0.1) is 10.2 Å². The molecule has 2 aromatic rings. The smallest absolute Gasteiger partial charge is 0.234 e. The van der Waals surface area contributed by atoms with Gasteiger partial charge in [-0.2, -0.15) is 9.61 Å².